The van der Waals surface area contributed by atoms with Crippen LogP contribution in [0.1, 0.15) is 19.4 Å². The number of para-hydroxylation sites is 1. The van der Waals surface area contributed by atoms with Gasteiger partial charge in [-0.1, -0.05) is 43.1 Å². The Kier molecular flexibility index (Phi) is 8.61. The van der Waals surface area contributed by atoms with Gasteiger partial charge in [-0.25, -0.2) is 9.10 Å². The number of benzene rings is 3. The molecule has 194 valence electrons. The Morgan fingerprint density at radius 3 is 2.35 bits per heavy atom. The molecule has 0 spiro atoms. The fourth-order valence-electron chi connectivity index (χ4n) is 3.98. The van der Waals surface area contributed by atoms with Gasteiger partial charge in [-0.05, 0) is 61.9 Å². The summed E-state index contributed by atoms with van der Waals surface area (Å²) in [4.78, 5) is 16.4. The van der Waals surface area contributed by atoms with Crippen molar-refractivity contribution in [2.45, 2.75) is 20.0 Å². The third-order valence-corrected chi connectivity index (χ3v) is 8.15. The van der Waals surface area contributed by atoms with Crippen LogP contribution in [0, 0.1) is 0 Å². The van der Waals surface area contributed by atoms with Crippen LogP contribution in [0.4, 0.5) is 16.2 Å². The molecule has 1 heterocycles. The number of ether oxygens (including phenoxy) is 1. The van der Waals surface area contributed by atoms with Gasteiger partial charge in [-0.3, -0.25) is 4.57 Å². The summed E-state index contributed by atoms with van der Waals surface area (Å²) >= 11 is 4.40. The second-order valence-electron chi connectivity index (χ2n) is 8.20. The van der Waals surface area contributed by atoms with Crippen LogP contribution in [0.5, 0.6) is 5.75 Å². The van der Waals surface area contributed by atoms with Crippen LogP contribution < -0.4 is 14.4 Å². The van der Waals surface area contributed by atoms with E-state index in [-0.39, 0.29) is 6.16 Å². The first-order valence-electron chi connectivity index (χ1n) is 11.9. The Hall–Kier alpha value is -3.23. The van der Waals surface area contributed by atoms with E-state index in [0.29, 0.717) is 30.3 Å². The molecule has 0 aliphatic rings. The van der Waals surface area contributed by atoms with Crippen LogP contribution in [0.25, 0.3) is 22.2 Å². The summed E-state index contributed by atoms with van der Waals surface area (Å²) in [6, 6.07) is 22.2. The Balaban J connectivity index is 1.50. The zero-order chi connectivity index (χ0) is 26.4. The molecule has 4 aromatic rings. The molecule has 8 nitrogen and oxygen atoms in total. The number of methoxy groups -OCH3 is 1. The second kappa shape index (κ2) is 11.9. The Morgan fingerprint density at radius 2 is 1.70 bits per heavy atom. The van der Waals surface area contributed by atoms with Crippen molar-refractivity contribution < 1.29 is 23.1 Å². The minimum atomic E-state index is -3.22. The minimum Gasteiger partial charge on any atom is -0.495 e. The number of hydrogen-bond donors (Lipinski definition) is 3. The van der Waals surface area contributed by atoms with Gasteiger partial charge in [0.25, 0.3) is 0 Å². The number of urea groups is 1. The van der Waals surface area contributed by atoms with E-state index in [2.05, 4.69) is 29.2 Å². The van der Waals surface area contributed by atoms with Crippen LogP contribution in [-0.2, 0) is 19.8 Å². The zero-order valence-corrected chi connectivity index (χ0v) is 22.7. The molecule has 3 aromatic carbocycles. The number of nitrogens with zero attached hydrogens (tertiary/aromatic N) is 1. The molecule has 4 rings (SSSR count). The molecule has 2 N–H and O–H groups in total. The maximum atomic E-state index is 13.0. The standard InChI is InChI=1S/C27H30N3O5PS/c1-4-34-36(32,35-5-2)18-19-10-13-22(14-11-19)30(37)27(31)29-25-17-21(12-15-26(25)33-3)24-16-20-8-6-7-9-23(20)28-24/h6-17,28,37H,4-5,18H2,1-3H3,(H,29,31). The Bertz CT molecular complexity index is 1380. The predicted octanol–water partition coefficient (Wildman–Crippen LogP) is 7.49. The lowest BCUT2D eigenvalue weighted by molar-refractivity contribution is 0.219. The second-order valence-corrected chi connectivity index (χ2v) is 10.7. The molecule has 2 amide bonds. The van der Waals surface area contributed by atoms with Gasteiger partial charge in [0.1, 0.15) is 5.75 Å². The smallest absolute Gasteiger partial charge is 0.336 e. The maximum absolute atomic E-state index is 13.0. The van der Waals surface area contributed by atoms with Gasteiger partial charge in [-0.15, -0.1) is 0 Å². The molecule has 0 unspecified atom stereocenters. The quantitative estimate of drug-likeness (QED) is 0.143. The first kappa shape index (κ1) is 26.8. The molecule has 37 heavy (non-hydrogen) atoms. The first-order chi connectivity index (χ1) is 17.9. The highest BCUT2D eigenvalue weighted by Gasteiger charge is 2.24. The van der Waals surface area contributed by atoms with Gasteiger partial charge in [0.15, 0.2) is 0 Å². The highest BCUT2D eigenvalue weighted by Crippen LogP contribution is 2.51. The van der Waals surface area contributed by atoms with Crippen LogP contribution in [-0.4, -0.2) is 31.3 Å². The maximum Gasteiger partial charge on any atom is 0.336 e. The summed E-state index contributed by atoms with van der Waals surface area (Å²) in [7, 11) is -1.67. The number of anilines is 2. The number of aromatic amines is 1. The van der Waals surface area contributed by atoms with Gasteiger partial charge < -0.3 is 24.1 Å². The normalized spacial score (nSPS) is 11.5. The molecule has 0 aliphatic heterocycles. The minimum absolute atomic E-state index is 0.144. The number of rotatable bonds is 10. The van der Waals surface area contributed by atoms with Crippen molar-refractivity contribution in [3.8, 4) is 17.0 Å². The fourth-order valence-corrected chi connectivity index (χ4v) is 5.86. The number of thiol groups is 1. The summed E-state index contributed by atoms with van der Waals surface area (Å²) in [5.74, 6) is 0.521. The topological polar surface area (TPSA) is 92.9 Å². The molecule has 0 saturated heterocycles. The molecule has 0 radical (unpaired) electrons. The average Bonchev–Trinajstić information content (AvgIpc) is 3.33. The van der Waals surface area contributed by atoms with E-state index in [4.69, 9.17) is 13.8 Å². The highest BCUT2D eigenvalue weighted by molar-refractivity contribution is 7.82. The van der Waals surface area contributed by atoms with E-state index in [0.717, 1.165) is 27.7 Å². The third-order valence-electron chi connectivity index (χ3n) is 5.68. The van der Waals surface area contributed by atoms with Crippen molar-refractivity contribution in [2.24, 2.45) is 0 Å². The van der Waals surface area contributed by atoms with E-state index in [9.17, 15) is 9.36 Å². The number of H-pyrrole nitrogens is 1. The van der Waals surface area contributed by atoms with Gasteiger partial charge in [-0.2, -0.15) is 0 Å². The molecule has 0 atom stereocenters. The number of fused-ring (bicyclic) bond motifs is 1. The number of nitrogens with one attached hydrogen (secondary N) is 2. The van der Waals surface area contributed by atoms with Gasteiger partial charge in [0, 0.05) is 22.2 Å². The number of amides is 2. The lowest BCUT2D eigenvalue weighted by Gasteiger charge is -2.19. The molecular weight excluding hydrogens is 509 g/mol. The SMILES string of the molecule is CCOP(=O)(Cc1ccc(N(S)C(=O)Nc2cc(-c3cc4ccccc4[nH]3)ccc2OC)cc1)OCC. The van der Waals surface area contributed by atoms with Crippen molar-refractivity contribution in [1.82, 2.24) is 4.98 Å². The number of aromatic nitrogens is 1. The largest absolute Gasteiger partial charge is 0.495 e. The van der Waals surface area contributed by atoms with Crippen LogP contribution >= 0.6 is 20.4 Å². The summed E-state index contributed by atoms with van der Waals surface area (Å²) in [5.41, 5.74) is 4.67. The molecule has 0 bridgehead atoms. The predicted molar refractivity (Wildman–Crippen MR) is 152 cm³/mol. The molecule has 0 fully saturated rings. The van der Waals surface area contributed by atoms with Gasteiger partial charge >= 0.3 is 13.6 Å². The average molecular weight is 540 g/mol. The van der Waals surface area contributed by atoms with Crippen molar-refractivity contribution in [2.75, 3.05) is 29.9 Å². The number of carbonyl (C=O) groups is 1. The van der Waals surface area contributed by atoms with Gasteiger partial charge in [0.05, 0.1) is 37.9 Å². The monoisotopic (exact) mass is 539 g/mol. The fraction of sp³-hybridized carbons (Fsp3) is 0.222. The van der Waals surface area contributed by atoms with Gasteiger partial charge in [0.2, 0.25) is 0 Å². The lowest BCUT2D eigenvalue weighted by Crippen LogP contribution is -2.27. The molecule has 0 aliphatic carbocycles. The van der Waals surface area contributed by atoms with Crippen LogP contribution in [0.2, 0.25) is 0 Å². The molecule has 10 heteroatoms. The summed E-state index contributed by atoms with van der Waals surface area (Å²) < 4.78 is 30.2. The number of hydrogen-bond acceptors (Lipinski definition) is 6. The van der Waals surface area contributed by atoms with Crippen LogP contribution in [0.15, 0.2) is 72.8 Å². The van der Waals surface area contributed by atoms with E-state index >= 15 is 0 Å². The van der Waals surface area contributed by atoms with Crippen molar-refractivity contribution in [1.29, 1.82) is 0 Å². The summed E-state index contributed by atoms with van der Waals surface area (Å²) in [5, 5.41) is 3.98. The van der Waals surface area contributed by atoms with E-state index in [1.165, 1.54) is 4.31 Å². The first-order valence-corrected chi connectivity index (χ1v) is 14.0. The molecule has 1 aromatic heterocycles. The van der Waals surface area contributed by atoms with Crippen molar-refractivity contribution in [3.05, 3.63) is 78.4 Å². The van der Waals surface area contributed by atoms with E-state index in [1.807, 2.05) is 42.5 Å². The Morgan fingerprint density at radius 1 is 1.00 bits per heavy atom. The third kappa shape index (κ3) is 6.37. The van der Waals surface area contributed by atoms with Crippen molar-refractivity contribution in [3.63, 3.8) is 0 Å². The highest BCUT2D eigenvalue weighted by atomic mass is 32.1. The lowest BCUT2D eigenvalue weighted by atomic mass is 10.1. The van der Waals surface area contributed by atoms with E-state index in [1.54, 1.807) is 45.2 Å². The van der Waals surface area contributed by atoms with Crippen molar-refractivity contribution >= 4 is 48.7 Å². The summed E-state index contributed by atoms with van der Waals surface area (Å²) in [6.45, 7) is 4.14. The van der Waals surface area contributed by atoms with E-state index < -0.39 is 13.6 Å². The summed E-state index contributed by atoms with van der Waals surface area (Å²) in [6.07, 6.45) is 0.144. The zero-order valence-electron chi connectivity index (χ0n) is 20.9. The number of carbonyl (C=O) groups excluding carboxylic acids is 1. The molecule has 0 saturated carbocycles. The molecular formula is C27H30N3O5PS. The van der Waals surface area contributed by atoms with Crippen LogP contribution in [0.3, 0.4) is 0 Å². The Labute approximate surface area is 222 Å².